The lowest BCUT2D eigenvalue weighted by molar-refractivity contribution is -0.163. The van der Waals surface area contributed by atoms with Gasteiger partial charge in [0.2, 0.25) is 5.91 Å². The van der Waals surface area contributed by atoms with Crippen molar-refractivity contribution in [1.82, 2.24) is 10.2 Å². The third kappa shape index (κ3) is 2.24. The number of nitrogens with zero attached hydrogens (tertiary/aromatic N) is 1. The van der Waals surface area contributed by atoms with Crippen LogP contribution >= 0.6 is 0 Å². The highest BCUT2D eigenvalue weighted by Crippen LogP contribution is 2.48. The second-order valence-electron chi connectivity index (χ2n) is 6.75. The van der Waals surface area contributed by atoms with Crippen molar-refractivity contribution >= 4 is 21.7 Å². The van der Waals surface area contributed by atoms with E-state index >= 15 is 0 Å². The van der Waals surface area contributed by atoms with Gasteiger partial charge in [-0.25, -0.2) is 13.2 Å². The van der Waals surface area contributed by atoms with E-state index in [9.17, 15) is 23.1 Å². The predicted octanol–water partition coefficient (Wildman–Crippen LogP) is 0.221. The van der Waals surface area contributed by atoms with Crippen LogP contribution in [0.25, 0.3) is 0 Å². The number of carboxylic acids is 1. The molecular weight excluding hydrogens is 332 g/mol. The van der Waals surface area contributed by atoms with Gasteiger partial charge >= 0.3 is 5.97 Å². The van der Waals surface area contributed by atoms with Crippen LogP contribution in [0.2, 0.25) is 0 Å². The van der Waals surface area contributed by atoms with Crippen molar-refractivity contribution in [2.45, 2.75) is 36.6 Å². The molecule has 3 atom stereocenters. The van der Waals surface area contributed by atoms with Crippen LogP contribution in [0.1, 0.15) is 19.4 Å². The topological polar surface area (TPSA) is 104 Å². The highest BCUT2D eigenvalue weighted by Gasteiger charge is 2.71. The van der Waals surface area contributed by atoms with Crippen molar-refractivity contribution in [2.75, 3.05) is 6.54 Å². The zero-order chi connectivity index (χ0) is 17.7. The number of amides is 1. The second kappa shape index (κ2) is 5.56. The van der Waals surface area contributed by atoms with Gasteiger partial charge in [-0.3, -0.25) is 4.79 Å². The molecule has 0 aliphatic carbocycles. The molecule has 2 aliphatic heterocycles. The summed E-state index contributed by atoms with van der Waals surface area (Å²) in [6.07, 6.45) is 0. The molecule has 2 N–H and O–H groups in total. The van der Waals surface area contributed by atoms with Gasteiger partial charge in [0.05, 0.1) is 10.7 Å². The number of aliphatic carboxylic acids is 1. The Balaban J connectivity index is 1.75. The highest BCUT2D eigenvalue weighted by atomic mass is 32.2. The molecule has 0 aromatic heterocycles. The van der Waals surface area contributed by atoms with E-state index in [0.29, 0.717) is 6.54 Å². The molecule has 0 unspecified atom stereocenters. The summed E-state index contributed by atoms with van der Waals surface area (Å²) >= 11 is 0. The number of benzene rings is 1. The normalized spacial score (nSPS) is 29.8. The molecule has 1 aromatic carbocycles. The Morgan fingerprint density at radius 1 is 1.29 bits per heavy atom. The molecule has 7 nitrogen and oxygen atoms in total. The molecule has 2 saturated heterocycles. The molecule has 1 amide bonds. The maximum Gasteiger partial charge on any atom is 0.328 e. The van der Waals surface area contributed by atoms with Gasteiger partial charge in [-0.1, -0.05) is 30.3 Å². The summed E-state index contributed by atoms with van der Waals surface area (Å²) in [5.74, 6) is -2.43. The fourth-order valence-electron chi connectivity index (χ4n) is 3.56. The minimum Gasteiger partial charge on any atom is -0.480 e. The van der Waals surface area contributed by atoms with Crippen molar-refractivity contribution in [3.05, 3.63) is 35.9 Å². The lowest BCUT2D eigenvalue weighted by Crippen LogP contribution is -2.65. The SMILES string of the molecule is CC1(C)[C@H](C(=O)O)N2C(=O)[C@@H](CNCc3ccccc3)[C@H]2S1(=O)=O. The van der Waals surface area contributed by atoms with Crippen molar-refractivity contribution in [3.63, 3.8) is 0 Å². The molecule has 0 bridgehead atoms. The standard InChI is InChI=1S/C16H20N2O5S/c1-16(2)12(15(20)21)18-13(19)11(14(18)24(16,22)23)9-17-8-10-6-4-3-5-7-10/h3-7,11-12,14,17H,8-9H2,1-2H3,(H,20,21)/t11-,12+,14-/m1/s1. The first-order valence-electron chi connectivity index (χ1n) is 7.72. The third-order valence-corrected chi connectivity index (χ3v) is 7.83. The number of hydrogen-bond acceptors (Lipinski definition) is 5. The Bertz CT molecular complexity index is 775. The Hall–Kier alpha value is -1.93. The van der Waals surface area contributed by atoms with Crippen LogP contribution in [-0.2, 0) is 26.0 Å². The smallest absolute Gasteiger partial charge is 0.328 e. The summed E-state index contributed by atoms with van der Waals surface area (Å²) in [6.45, 7) is 3.47. The van der Waals surface area contributed by atoms with Gasteiger partial charge in [0, 0.05) is 13.1 Å². The average molecular weight is 352 g/mol. The van der Waals surface area contributed by atoms with Gasteiger partial charge in [-0.2, -0.15) is 0 Å². The Labute approximate surface area is 140 Å². The largest absolute Gasteiger partial charge is 0.480 e. The number of hydrogen-bond donors (Lipinski definition) is 2. The van der Waals surface area contributed by atoms with Crippen LogP contribution in [0.15, 0.2) is 30.3 Å². The van der Waals surface area contributed by atoms with Gasteiger partial charge < -0.3 is 15.3 Å². The fourth-order valence-corrected chi connectivity index (χ4v) is 5.88. The van der Waals surface area contributed by atoms with Crippen LogP contribution in [0.5, 0.6) is 0 Å². The van der Waals surface area contributed by atoms with Gasteiger partial charge in [-0.15, -0.1) is 0 Å². The first kappa shape index (κ1) is 16.9. The predicted molar refractivity (Wildman–Crippen MR) is 86.7 cm³/mol. The van der Waals surface area contributed by atoms with E-state index in [1.807, 2.05) is 30.3 Å². The van der Waals surface area contributed by atoms with Gasteiger partial charge in [0.25, 0.3) is 0 Å². The van der Waals surface area contributed by atoms with E-state index in [0.717, 1.165) is 10.5 Å². The zero-order valence-corrected chi connectivity index (χ0v) is 14.3. The highest BCUT2D eigenvalue weighted by molar-refractivity contribution is 7.93. The minimum atomic E-state index is -3.75. The van der Waals surface area contributed by atoms with E-state index in [1.165, 1.54) is 13.8 Å². The Kier molecular flexibility index (Phi) is 3.92. The van der Waals surface area contributed by atoms with Crippen LogP contribution in [0.3, 0.4) is 0 Å². The first-order valence-corrected chi connectivity index (χ1v) is 9.27. The van der Waals surface area contributed by atoms with Crippen LogP contribution in [0.4, 0.5) is 0 Å². The Morgan fingerprint density at radius 2 is 1.92 bits per heavy atom. The molecule has 0 spiro atoms. The van der Waals surface area contributed by atoms with Gasteiger partial charge in [-0.05, 0) is 19.4 Å². The van der Waals surface area contributed by atoms with Gasteiger partial charge in [0.15, 0.2) is 9.84 Å². The third-order valence-electron chi connectivity index (χ3n) is 4.95. The summed E-state index contributed by atoms with van der Waals surface area (Å²) in [6, 6.07) is 8.22. The first-order chi connectivity index (χ1) is 11.2. The molecule has 2 fully saturated rings. The van der Waals surface area contributed by atoms with Crippen molar-refractivity contribution in [3.8, 4) is 0 Å². The Morgan fingerprint density at radius 3 is 2.50 bits per heavy atom. The maximum atomic E-state index is 12.7. The number of β-lactam (4-membered cyclic amide) rings is 1. The van der Waals surface area contributed by atoms with E-state index in [4.69, 9.17) is 0 Å². The van der Waals surface area contributed by atoms with Crippen molar-refractivity contribution < 1.29 is 23.1 Å². The average Bonchev–Trinajstić information content (AvgIpc) is 2.66. The molecule has 3 rings (SSSR count). The number of fused-ring (bicyclic) bond motifs is 1. The van der Waals surface area contributed by atoms with Crippen molar-refractivity contribution in [2.24, 2.45) is 5.92 Å². The maximum absolute atomic E-state index is 12.7. The summed E-state index contributed by atoms with van der Waals surface area (Å²) in [5, 5.41) is 11.4. The van der Waals surface area contributed by atoms with Crippen LogP contribution in [-0.4, -0.2) is 53.0 Å². The van der Waals surface area contributed by atoms with Crippen LogP contribution < -0.4 is 5.32 Å². The second-order valence-corrected chi connectivity index (χ2v) is 9.37. The molecular formula is C16H20N2O5S. The number of rotatable bonds is 5. The summed E-state index contributed by atoms with van der Waals surface area (Å²) in [5.41, 5.74) is 1.03. The van der Waals surface area contributed by atoms with Crippen molar-refractivity contribution in [1.29, 1.82) is 0 Å². The number of carbonyl (C=O) groups excluding carboxylic acids is 1. The zero-order valence-electron chi connectivity index (χ0n) is 13.5. The van der Waals surface area contributed by atoms with Gasteiger partial charge in [0.1, 0.15) is 11.4 Å². The van der Waals surface area contributed by atoms with Crippen LogP contribution in [0, 0.1) is 5.92 Å². The van der Waals surface area contributed by atoms with E-state index in [-0.39, 0.29) is 6.54 Å². The summed E-state index contributed by atoms with van der Waals surface area (Å²) in [4.78, 5) is 24.8. The summed E-state index contributed by atoms with van der Waals surface area (Å²) < 4.78 is 23.9. The van der Waals surface area contributed by atoms with E-state index in [2.05, 4.69) is 5.32 Å². The summed E-state index contributed by atoms with van der Waals surface area (Å²) in [7, 11) is -3.75. The molecule has 2 heterocycles. The molecule has 0 saturated carbocycles. The molecule has 0 radical (unpaired) electrons. The fraction of sp³-hybridized carbons (Fsp3) is 0.500. The lowest BCUT2D eigenvalue weighted by atomic mass is 9.91. The van der Waals surface area contributed by atoms with E-state index < -0.39 is 43.8 Å². The molecule has 2 aliphatic rings. The number of carboxylic acid groups (broad SMARTS) is 1. The number of nitrogens with one attached hydrogen (secondary N) is 1. The number of carbonyl (C=O) groups is 2. The molecule has 130 valence electrons. The molecule has 1 aromatic rings. The number of sulfone groups is 1. The molecule has 8 heteroatoms. The monoisotopic (exact) mass is 352 g/mol. The molecule has 24 heavy (non-hydrogen) atoms. The lowest BCUT2D eigenvalue weighted by Gasteiger charge is -2.42. The minimum absolute atomic E-state index is 0.205. The quantitative estimate of drug-likeness (QED) is 0.735. The van der Waals surface area contributed by atoms with E-state index in [1.54, 1.807) is 0 Å².